The predicted molar refractivity (Wildman–Crippen MR) is 61.1 cm³/mol. The molecule has 0 bridgehead atoms. The number of likely N-dealkylation sites (tertiary alicyclic amines) is 1. The fourth-order valence-corrected chi connectivity index (χ4v) is 2.00. The van der Waals surface area contributed by atoms with Crippen molar-refractivity contribution in [1.29, 1.82) is 0 Å². The number of nitrogens with one attached hydrogen (secondary N) is 2. The molecule has 98 valence electrons. The molecule has 1 aliphatic rings. The summed E-state index contributed by atoms with van der Waals surface area (Å²) >= 11 is 0. The molecular weight excluding hydrogens is 236 g/mol. The SMILES string of the molecule is CCCN1C(=O)CC(NC(C)c2nn[nH]n2)C1=O. The Balaban J connectivity index is 1.99. The molecule has 1 aromatic heterocycles. The lowest BCUT2D eigenvalue weighted by atomic mass is 10.2. The molecule has 0 saturated carbocycles. The van der Waals surface area contributed by atoms with E-state index in [9.17, 15) is 9.59 Å². The fourth-order valence-electron chi connectivity index (χ4n) is 2.00. The number of amides is 2. The molecule has 0 aromatic carbocycles. The van der Waals surface area contributed by atoms with E-state index in [0.717, 1.165) is 6.42 Å². The minimum absolute atomic E-state index is 0.125. The number of hydrogen-bond acceptors (Lipinski definition) is 6. The highest BCUT2D eigenvalue weighted by atomic mass is 16.2. The van der Waals surface area contributed by atoms with E-state index in [4.69, 9.17) is 0 Å². The number of carbonyl (C=O) groups excluding carboxylic acids is 2. The maximum Gasteiger partial charge on any atom is 0.246 e. The van der Waals surface area contributed by atoms with Crippen molar-refractivity contribution in [2.45, 2.75) is 38.8 Å². The highest BCUT2D eigenvalue weighted by Gasteiger charge is 2.38. The molecule has 1 saturated heterocycles. The molecule has 0 radical (unpaired) electrons. The van der Waals surface area contributed by atoms with Gasteiger partial charge in [0.05, 0.1) is 18.5 Å². The van der Waals surface area contributed by atoms with Crippen LogP contribution in [-0.2, 0) is 9.59 Å². The van der Waals surface area contributed by atoms with Gasteiger partial charge in [-0.3, -0.25) is 19.8 Å². The maximum atomic E-state index is 12.0. The van der Waals surface area contributed by atoms with Gasteiger partial charge in [-0.25, -0.2) is 0 Å². The van der Waals surface area contributed by atoms with E-state index >= 15 is 0 Å². The van der Waals surface area contributed by atoms with Crippen LogP contribution in [0, 0.1) is 0 Å². The first-order valence-corrected chi connectivity index (χ1v) is 5.97. The van der Waals surface area contributed by atoms with E-state index in [1.165, 1.54) is 4.90 Å². The Morgan fingerprint density at radius 2 is 2.33 bits per heavy atom. The first-order valence-electron chi connectivity index (χ1n) is 5.97. The van der Waals surface area contributed by atoms with Crippen LogP contribution >= 0.6 is 0 Å². The van der Waals surface area contributed by atoms with Crippen molar-refractivity contribution in [1.82, 2.24) is 30.8 Å². The monoisotopic (exact) mass is 252 g/mol. The summed E-state index contributed by atoms with van der Waals surface area (Å²) in [4.78, 5) is 25.0. The third-order valence-corrected chi connectivity index (χ3v) is 2.89. The summed E-state index contributed by atoms with van der Waals surface area (Å²) in [5, 5.41) is 16.5. The smallest absolute Gasteiger partial charge is 0.246 e. The molecule has 2 rings (SSSR count). The second-order valence-electron chi connectivity index (χ2n) is 4.30. The van der Waals surface area contributed by atoms with Crippen molar-refractivity contribution in [3.63, 3.8) is 0 Å². The quantitative estimate of drug-likeness (QED) is 0.677. The Morgan fingerprint density at radius 1 is 1.56 bits per heavy atom. The number of H-pyrrole nitrogens is 1. The normalized spacial score (nSPS) is 21.7. The van der Waals surface area contributed by atoms with Gasteiger partial charge < -0.3 is 0 Å². The van der Waals surface area contributed by atoms with E-state index < -0.39 is 6.04 Å². The molecule has 18 heavy (non-hydrogen) atoms. The summed E-state index contributed by atoms with van der Waals surface area (Å²) in [5.41, 5.74) is 0. The van der Waals surface area contributed by atoms with Crippen LogP contribution in [0.5, 0.6) is 0 Å². The summed E-state index contributed by atoms with van der Waals surface area (Å²) in [6, 6.07) is -0.718. The Bertz CT molecular complexity index is 432. The van der Waals surface area contributed by atoms with Crippen LogP contribution in [0.3, 0.4) is 0 Å². The van der Waals surface area contributed by atoms with Crippen molar-refractivity contribution < 1.29 is 9.59 Å². The van der Waals surface area contributed by atoms with Crippen molar-refractivity contribution in [2.75, 3.05) is 6.54 Å². The van der Waals surface area contributed by atoms with E-state index in [1.54, 1.807) is 0 Å². The molecule has 2 N–H and O–H groups in total. The highest BCUT2D eigenvalue weighted by molar-refractivity contribution is 6.05. The molecule has 1 aromatic rings. The first kappa shape index (κ1) is 12.6. The predicted octanol–water partition coefficient (Wildman–Crippen LogP) is -0.612. The van der Waals surface area contributed by atoms with E-state index in [2.05, 4.69) is 25.9 Å². The number of imide groups is 1. The molecule has 2 amide bonds. The number of aromatic nitrogens is 4. The molecule has 2 heterocycles. The molecule has 0 spiro atoms. The van der Waals surface area contributed by atoms with Gasteiger partial charge in [0.25, 0.3) is 0 Å². The lowest BCUT2D eigenvalue weighted by molar-refractivity contribution is -0.138. The van der Waals surface area contributed by atoms with Gasteiger partial charge >= 0.3 is 0 Å². The average Bonchev–Trinajstić information content (AvgIpc) is 2.94. The second kappa shape index (κ2) is 5.21. The average molecular weight is 252 g/mol. The molecule has 0 aliphatic carbocycles. The van der Waals surface area contributed by atoms with Crippen LogP contribution in [-0.4, -0.2) is 49.9 Å². The van der Waals surface area contributed by atoms with E-state index in [0.29, 0.717) is 12.4 Å². The maximum absolute atomic E-state index is 12.0. The van der Waals surface area contributed by atoms with Crippen LogP contribution in [0.1, 0.15) is 38.6 Å². The van der Waals surface area contributed by atoms with Crippen LogP contribution in [0.4, 0.5) is 0 Å². The number of tetrazole rings is 1. The topological polar surface area (TPSA) is 104 Å². The van der Waals surface area contributed by atoms with Gasteiger partial charge in [-0.1, -0.05) is 12.1 Å². The largest absolute Gasteiger partial charge is 0.296 e. The van der Waals surface area contributed by atoms with Gasteiger partial charge in [-0.05, 0) is 13.3 Å². The van der Waals surface area contributed by atoms with Gasteiger partial charge in [0.15, 0.2) is 5.82 Å². The van der Waals surface area contributed by atoms with Gasteiger partial charge in [0.1, 0.15) is 0 Å². The van der Waals surface area contributed by atoms with Gasteiger partial charge in [0, 0.05) is 6.54 Å². The third kappa shape index (κ3) is 2.37. The molecule has 8 nitrogen and oxygen atoms in total. The van der Waals surface area contributed by atoms with Crippen LogP contribution in [0.2, 0.25) is 0 Å². The van der Waals surface area contributed by atoms with E-state index in [1.807, 2.05) is 13.8 Å². The lowest BCUT2D eigenvalue weighted by Crippen LogP contribution is -2.40. The summed E-state index contributed by atoms with van der Waals surface area (Å²) in [6.45, 7) is 4.24. The Morgan fingerprint density at radius 3 is 2.94 bits per heavy atom. The summed E-state index contributed by atoms with van der Waals surface area (Å²) in [6.07, 6.45) is 0.964. The van der Waals surface area contributed by atoms with Crippen molar-refractivity contribution in [3.05, 3.63) is 5.82 Å². The summed E-state index contributed by atoms with van der Waals surface area (Å²) in [7, 11) is 0. The van der Waals surface area contributed by atoms with Gasteiger partial charge in [-0.2, -0.15) is 5.21 Å². The Hall–Kier alpha value is -1.83. The molecule has 1 aliphatic heterocycles. The van der Waals surface area contributed by atoms with Crippen LogP contribution in [0.25, 0.3) is 0 Å². The zero-order valence-corrected chi connectivity index (χ0v) is 10.4. The first-order chi connectivity index (χ1) is 8.63. The minimum atomic E-state index is -0.488. The van der Waals surface area contributed by atoms with E-state index in [-0.39, 0.29) is 24.3 Å². The summed E-state index contributed by atoms with van der Waals surface area (Å²) < 4.78 is 0. The Labute approximate surface area is 104 Å². The number of carbonyl (C=O) groups is 2. The fraction of sp³-hybridized carbons (Fsp3) is 0.700. The zero-order valence-electron chi connectivity index (χ0n) is 10.4. The van der Waals surface area contributed by atoms with Crippen molar-refractivity contribution in [2.24, 2.45) is 0 Å². The summed E-state index contributed by atoms with van der Waals surface area (Å²) in [5.74, 6) is 0.182. The van der Waals surface area contributed by atoms with Crippen LogP contribution in [0.15, 0.2) is 0 Å². The van der Waals surface area contributed by atoms with Gasteiger partial charge in [0.2, 0.25) is 11.8 Å². The molecule has 2 atom stereocenters. The molecule has 2 unspecified atom stereocenters. The molecule has 1 fully saturated rings. The number of hydrogen-bond donors (Lipinski definition) is 2. The Kier molecular flexibility index (Phi) is 3.66. The minimum Gasteiger partial charge on any atom is -0.296 e. The number of rotatable bonds is 5. The van der Waals surface area contributed by atoms with Gasteiger partial charge in [-0.15, -0.1) is 10.2 Å². The highest BCUT2D eigenvalue weighted by Crippen LogP contribution is 2.16. The van der Waals surface area contributed by atoms with Crippen molar-refractivity contribution >= 4 is 11.8 Å². The molecule has 8 heteroatoms. The standard InChI is InChI=1S/C10H16N6O2/c1-3-4-16-8(17)5-7(10(16)18)11-6(2)9-12-14-15-13-9/h6-7,11H,3-5H2,1-2H3,(H,12,13,14,15). The van der Waals surface area contributed by atoms with Crippen LogP contribution < -0.4 is 5.32 Å². The molecular formula is C10H16N6O2. The zero-order chi connectivity index (χ0) is 13.1. The third-order valence-electron chi connectivity index (χ3n) is 2.89. The second-order valence-corrected chi connectivity index (χ2v) is 4.30. The van der Waals surface area contributed by atoms with Crippen molar-refractivity contribution in [3.8, 4) is 0 Å². The number of nitrogens with zero attached hydrogens (tertiary/aromatic N) is 4. The lowest BCUT2D eigenvalue weighted by Gasteiger charge is -2.16. The number of aromatic amines is 1.